The third kappa shape index (κ3) is 3.15. The van der Waals surface area contributed by atoms with Gasteiger partial charge in [-0.15, -0.1) is 0 Å². The zero-order valence-electron chi connectivity index (χ0n) is 13.3. The van der Waals surface area contributed by atoms with Crippen molar-refractivity contribution in [3.05, 3.63) is 70.1 Å². The number of benzene rings is 2. The highest BCUT2D eigenvalue weighted by Gasteiger charge is 2.16. The van der Waals surface area contributed by atoms with Crippen molar-refractivity contribution in [1.82, 2.24) is 0 Å². The van der Waals surface area contributed by atoms with E-state index in [2.05, 4.69) is 0 Å². The molecule has 0 spiro atoms. The number of halogens is 2. The Morgan fingerprint density at radius 3 is 2.42 bits per heavy atom. The lowest BCUT2D eigenvalue weighted by atomic mass is 9.98. The van der Waals surface area contributed by atoms with Crippen molar-refractivity contribution < 1.29 is 17.9 Å². The topological polar surface area (TPSA) is 39.4 Å². The minimum atomic E-state index is -0.764. The summed E-state index contributed by atoms with van der Waals surface area (Å²) in [7, 11) is 0. The summed E-state index contributed by atoms with van der Waals surface area (Å²) in [5, 5.41) is 0.690. The SMILES string of the molecule is CCC(C)c1cc(F)c(Oc2ccc3ccc(=O)oc3c2)c(F)c1. The maximum absolute atomic E-state index is 14.2. The fraction of sp³-hybridized carbons (Fsp3) is 0.211. The van der Waals surface area contributed by atoms with E-state index in [0.717, 1.165) is 6.42 Å². The van der Waals surface area contributed by atoms with Crippen molar-refractivity contribution in [1.29, 1.82) is 0 Å². The van der Waals surface area contributed by atoms with Crippen LogP contribution in [0.2, 0.25) is 0 Å². The van der Waals surface area contributed by atoms with Crippen LogP contribution in [0, 0.1) is 11.6 Å². The Bertz CT molecular complexity index is 924. The first kappa shape index (κ1) is 16.2. The Balaban J connectivity index is 1.97. The van der Waals surface area contributed by atoms with Gasteiger partial charge in [-0.1, -0.05) is 13.8 Å². The molecule has 3 aromatic rings. The van der Waals surface area contributed by atoms with Crippen molar-refractivity contribution in [2.45, 2.75) is 26.2 Å². The van der Waals surface area contributed by atoms with E-state index in [9.17, 15) is 13.6 Å². The molecule has 0 fully saturated rings. The van der Waals surface area contributed by atoms with Crippen LogP contribution in [-0.2, 0) is 0 Å². The van der Waals surface area contributed by atoms with E-state index >= 15 is 0 Å². The molecule has 3 nitrogen and oxygen atoms in total. The standard InChI is InChI=1S/C19H16F2O3/c1-3-11(2)13-8-15(20)19(16(21)9-13)23-14-6-4-12-5-7-18(22)24-17(12)10-14/h4-11H,3H2,1-2H3. The predicted octanol–water partition coefficient (Wildman–Crippen LogP) is 5.38. The van der Waals surface area contributed by atoms with Gasteiger partial charge in [-0.2, -0.15) is 0 Å². The van der Waals surface area contributed by atoms with Gasteiger partial charge in [0.1, 0.15) is 11.3 Å². The Kier molecular flexibility index (Phi) is 4.34. The van der Waals surface area contributed by atoms with Crippen LogP contribution in [0.15, 0.2) is 51.7 Å². The van der Waals surface area contributed by atoms with E-state index < -0.39 is 23.0 Å². The highest BCUT2D eigenvalue weighted by atomic mass is 19.1. The maximum Gasteiger partial charge on any atom is 0.336 e. The van der Waals surface area contributed by atoms with Crippen LogP contribution in [0.4, 0.5) is 8.78 Å². The molecule has 0 aliphatic carbocycles. The summed E-state index contributed by atoms with van der Waals surface area (Å²) in [6.45, 7) is 3.85. The normalized spacial score (nSPS) is 12.3. The van der Waals surface area contributed by atoms with Crippen molar-refractivity contribution in [2.24, 2.45) is 0 Å². The minimum absolute atomic E-state index is 0.0537. The second-order valence-corrected chi connectivity index (χ2v) is 5.68. The second-order valence-electron chi connectivity index (χ2n) is 5.68. The molecule has 1 aromatic heterocycles. The second kappa shape index (κ2) is 6.43. The molecule has 1 heterocycles. The van der Waals surface area contributed by atoms with Crippen LogP contribution in [0.3, 0.4) is 0 Å². The number of ether oxygens (including phenoxy) is 1. The Morgan fingerprint density at radius 2 is 1.75 bits per heavy atom. The van der Waals surface area contributed by atoms with Crippen molar-refractivity contribution in [3.8, 4) is 11.5 Å². The van der Waals surface area contributed by atoms with Crippen LogP contribution < -0.4 is 10.4 Å². The predicted molar refractivity (Wildman–Crippen MR) is 87.6 cm³/mol. The first-order valence-corrected chi connectivity index (χ1v) is 7.68. The molecule has 0 saturated carbocycles. The van der Waals surface area contributed by atoms with Gasteiger partial charge < -0.3 is 9.15 Å². The van der Waals surface area contributed by atoms with Gasteiger partial charge in [0, 0.05) is 17.5 Å². The van der Waals surface area contributed by atoms with Crippen LogP contribution in [0.5, 0.6) is 11.5 Å². The van der Waals surface area contributed by atoms with E-state index in [4.69, 9.17) is 9.15 Å². The summed E-state index contributed by atoms with van der Waals surface area (Å²) >= 11 is 0. The van der Waals surface area contributed by atoms with Crippen LogP contribution in [-0.4, -0.2) is 0 Å². The van der Waals surface area contributed by atoms with Crippen molar-refractivity contribution in [3.63, 3.8) is 0 Å². The molecule has 3 rings (SSSR count). The zero-order chi connectivity index (χ0) is 17.3. The van der Waals surface area contributed by atoms with Gasteiger partial charge in [-0.25, -0.2) is 13.6 Å². The molecule has 1 atom stereocenters. The molecule has 0 bridgehead atoms. The number of hydrogen-bond acceptors (Lipinski definition) is 3. The molecule has 0 N–H and O–H groups in total. The smallest absolute Gasteiger partial charge is 0.336 e. The molecule has 2 aromatic carbocycles. The Hall–Kier alpha value is -2.69. The summed E-state index contributed by atoms with van der Waals surface area (Å²) in [6, 6.07) is 10.1. The average Bonchev–Trinajstić information content (AvgIpc) is 2.56. The molecule has 0 radical (unpaired) electrons. The number of hydrogen-bond donors (Lipinski definition) is 0. The molecule has 5 heteroatoms. The lowest BCUT2D eigenvalue weighted by molar-refractivity contribution is 0.405. The maximum atomic E-state index is 14.2. The molecule has 0 aliphatic heterocycles. The molecule has 0 saturated heterocycles. The van der Waals surface area contributed by atoms with Gasteiger partial charge in [-0.05, 0) is 48.2 Å². The zero-order valence-corrected chi connectivity index (χ0v) is 13.3. The summed E-state index contributed by atoms with van der Waals surface area (Å²) in [5.41, 5.74) is 0.372. The Labute approximate surface area is 137 Å². The summed E-state index contributed by atoms with van der Waals surface area (Å²) in [4.78, 5) is 11.3. The molecule has 0 amide bonds. The van der Waals surface area contributed by atoms with Crippen LogP contribution in [0.25, 0.3) is 11.0 Å². The van der Waals surface area contributed by atoms with Gasteiger partial charge in [-0.3, -0.25) is 0 Å². The van der Waals surface area contributed by atoms with Crippen molar-refractivity contribution in [2.75, 3.05) is 0 Å². The third-order valence-corrected chi connectivity index (χ3v) is 4.02. The highest BCUT2D eigenvalue weighted by Crippen LogP contribution is 2.32. The van der Waals surface area contributed by atoms with Gasteiger partial charge in [0.05, 0.1) is 0 Å². The summed E-state index contributed by atoms with van der Waals surface area (Å²) < 4.78 is 38.9. The molecule has 1 unspecified atom stereocenters. The minimum Gasteiger partial charge on any atom is -0.451 e. The largest absolute Gasteiger partial charge is 0.451 e. The summed E-state index contributed by atoms with van der Waals surface area (Å²) in [6.07, 6.45) is 0.781. The van der Waals surface area contributed by atoms with E-state index in [0.29, 0.717) is 10.9 Å². The van der Waals surface area contributed by atoms with Crippen LogP contribution >= 0.6 is 0 Å². The lowest BCUT2D eigenvalue weighted by Crippen LogP contribution is -1.99. The first-order valence-electron chi connectivity index (χ1n) is 7.68. The molecular weight excluding hydrogens is 314 g/mol. The van der Waals surface area contributed by atoms with E-state index in [1.165, 1.54) is 24.3 Å². The summed E-state index contributed by atoms with van der Waals surface area (Å²) in [5.74, 6) is -1.76. The van der Waals surface area contributed by atoms with E-state index in [-0.39, 0.29) is 17.3 Å². The molecular formula is C19H16F2O3. The monoisotopic (exact) mass is 330 g/mol. The van der Waals surface area contributed by atoms with Crippen molar-refractivity contribution >= 4 is 11.0 Å². The number of fused-ring (bicyclic) bond motifs is 1. The van der Waals surface area contributed by atoms with Gasteiger partial charge in [0.2, 0.25) is 0 Å². The fourth-order valence-corrected chi connectivity index (χ4v) is 2.42. The Morgan fingerprint density at radius 1 is 1.08 bits per heavy atom. The fourth-order valence-electron chi connectivity index (χ4n) is 2.42. The quantitative estimate of drug-likeness (QED) is 0.603. The van der Waals surface area contributed by atoms with Crippen LogP contribution in [0.1, 0.15) is 31.7 Å². The third-order valence-electron chi connectivity index (χ3n) is 4.02. The number of rotatable bonds is 4. The van der Waals surface area contributed by atoms with Gasteiger partial charge >= 0.3 is 5.63 Å². The lowest BCUT2D eigenvalue weighted by Gasteiger charge is -2.13. The van der Waals surface area contributed by atoms with E-state index in [1.807, 2.05) is 13.8 Å². The average molecular weight is 330 g/mol. The van der Waals surface area contributed by atoms with Gasteiger partial charge in [0.25, 0.3) is 0 Å². The molecule has 24 heavy (non-hydrogen) atoms. The highest BCUT2D eigenvalue weighted by molar-refractivity contribution is 5.77. The molecule has 124 valence electrons. The first-order chi connectivity index (χ1) is 11.5. The van der Waals surface area contributed by atoms with Gasteiger partial charge in [0.15, 0.2) is 17.4 Å². The van der Waals surface area contributed by atoms with E-state index in [1.54, 1.807) is 18.2 Å². The molecule has 0 aliphatic rings.